The van der Waals surface area contributed by atoms with Crippen LogP contribution in [0.15, 0.2) is 0 Å². The predicted molar refractivity (Wildman–Crippen MR) is 64.7 cm³/mol. The Morgan fingerprint density at radius 3 is 2.56 bits per heavy atom. The summed E-state index contributed by atoms with van der Waals surface area (Å²) in [6, 6.07) is -0.393. The van der Waals surface area contributed by atoms with Crippen LogP contribution in [0, 0.1) is 0 Å². The Bertz CT molecular complexity index is 183. The van der Waals surface area contributed by atoms with Crippen LogP contribution in [0.25, 0.3) is 0 Å². The molecule has 16 heavy (non-hydrogen) atoms. The first-order valence-electron chi connectivity index (χ1n) is 6.15. The lowest BCUT2D eigenvalue weighted by Gasteiger charge is -2.13. The Kier molecular flexibility index (Phi) is 9.24. The molecule has 96 valence electrons. The number of aliphatic carboxylic acids is 1. The molecule has 0 aliphatic carbocycles. The summed E-state index contributed by atoms with van der Waals surface area (Å²) in [4.78, 5) is 10.8. The van der Waals surface area contributed by atoms with Gasteiger partial charge in [0.25, 0.3) is 0 Å². The first-order valence-corrected chi connectivity index (χ1v) is 6.15. The van der Waals surface area contributed by atoms with Gasteiger partial charge in [-0.15, -0.1) is 0 Å². The SMILES string of the molecule is CCCC(NCCCCOC(C)C)C(=O)O. The topological polar surface area (TPSA) is 58.6 Å². The summed E-state index contributed by atoms with van der Waals surface area (Å²) in [5.74, 6) is -0.750. The molecule has 0 aromatic heterocycles. The van der Waals surface area contributed by atoms with Crippen molar-refractivity contribution in [2.24, 2.45) is 0 Å². The smallest absolute Gasteiger partial charge is 0.320 e. The number of nitrogens with one attached hydrogen (secondary N) is 1. The third-order valence-corrected chi connectivity index (χ3v) is 2.29. The van der Waals surface area contributed by atoms with Gasteiger partial charge in [-0.2, -0.15) is 0 Å². The molecule has 0 radical (unpaired) electrons. The van der Waals surface area contributed by atoms with E-state index >= 15 is 0 Å². The molecule has 0 aliphatic rings. The van der Waals surface area contributed by atoms with Crippen molar-refractivity contribution in [1.82, 2.24) is 5.32 Å². The Balaban J connectivity index is 3.44. The molecule has 0 aliphatic heterocycles. The van der Waals surface area contributed by atoms with E-state index in [1.165, 1.54) is 0 Å². The van der Waals surface area contributed by atoms with Gasteiger partial charge in [0.15, 0.2) is 0 Å². The average molecular weight is 231 g/mol. The monoisotopic (exact) mass is 231 g/mol. The third kappa shape index (κ3) is 8.68. The predicted octanol–water partition coefficient (Wildman–Crippen LogP) is 2.03. The Labute approximate surface area is 98.4 Å². The van der Waals surface area contributed by atoms with E-state index in [2.05, 4.69) is 5.32 Å². The summed E-state index contributed by atoms with van der Waals surface area (Å²) >= 11 is 0. The highest BCUT2D eigenvalue weighted by Gasteiger charge is 2.14. The van der Waals surface area contributed by atoms with Gasteiger partial charge in [0, 0.05) is 6.61 Å². The molecule has 0 saturated carbocycles. The maximum absolute atomic E-state index is 10.8. The molecule has 1 unspecified atom stereocenters. The summed E-state index contributed by atoms with van der Waals surface area (Å²) in [5, 5.41) is 11.9. The van der Waals surface area contributed by atoms with Crippen LogP contribution in [0.3, 0.4) is 0 Å². The van der Waals surface area contributed by atoms with Crippen molar-refractivity contribution >= 4 is 5.97 Å². The molecule has 4 nitrogen and oxygen atoms in total. The van der Waals surface area contributed by atoms with Gasteiger partial charge in [-0.05, 0) is 39.7 Å². The Hall–Kier alpha value is -0.610. The number of hydrogen-bond donors (Lipinski definition) is 2. The van der Waals surface area contributed by atoms with Gasteiger partial charge < -0.3 is 15.2 Å². The number of unbranched alkanes of at least 4 members (excludes halogenated alkanes) is 1. The van der Waals surface area contributed by atoms with Gasteiger partial charge in [-0.3, -0.25) is 4.79 Å². The number of hydrogen-bond acceptors (Lipinski definition) is 3. The lowest BCUT2D eigenvalue weighted by Crippen LogP contribution is -2.37. The molecule has 0 aromatic carbocycles. The van der Waals surface area contributed by atoms with Gasteiger partial charge in [0.05, 0.1) is 6.10 Å². The zero-order valence-corrected chi connectivity index (χ0v) is 10.7. The van der Waals surface area contributed by atoms with Crippen molar-refractivity contribution in [1.29, 1.82) is 0 Å². The molecule has 0 saturated heterocycles. The van der Waals surface area contributed by atoms with E-state index in [4.69, 9.17) is 9.84 Å². The fraction of sp³-hybridized carbons (Fsp3) is 0.917. The molecule has 0 rings (SSSR count). The highest BCUT2D eigenvalue weighted by molar-refractivity contribution is 5.73. The molecule has 0 bridgehead atoms. The Morgan fingerprint density at radius 2 is 2.06 bits per heavy atom. The van der Waals surface area contributed by atoms with Gasteiger partial charge in [0.1, 0.15) is 6.04 Å². The van der Waals surface area contributed by atoms with E-state index in [9.17, 15) is 4.79 Å². The fourth-order valence-electron chi connectivity index (χ4n) is 1.42. The van der Waals surface area contributed by atoms with Crippen LogP contribution in [0.5, 0.6) is 0 Å². The maximum atomic E-state index is 10.8. The van der Waals surface area contributed by atoms with Gasteiger partial charge in [0.2, 0.25) is 0 Å². The van der Waals surface area contributed by atoms with Crippen LogP contribution < -0.4 is 5.32 Å². The largest absolute Gasteiger partial charge is 0.480 e. The second kappa shape index (κ2) is 9.60. The van der Waals surface area contributed by atoms with Crippen molar-refractivity contribution in [3.63, 3.8) is 0 Å². The van der Waals surface area contributed by atoms with Crippen LogP contribution >= 0.6 is 0 Å². The normalized spacial score (nSPS) is 13.0. The van der Waals surface area contributed by atoms with E-state index in [0.29, 0.717) is 6.42 Å². The summed E-state index contributed by atoms with van der Waals surface area (Å²) in [6.07, 6.45) is 3.79. The van der Waals surface area contributed by atoms with Gasteiger partial charge in [-0.1, -0.05) is 13.3 Å². The standard InChI is InChI=1S/C12H25NO3/c1-4-7-11(12(14)15)13-8-5-6-9-16-10(2)3/h10-11,13H,4-9H2,1-3H3,(H,14,15). The molecule has 0 amide bonds. The molecule has 0 spiro atoms. The second-order valence-corrected chi connectivity index (χ2v) is 4.26. The minimum atomic E-state index is -0.750. The highest BCUT2D eigenvalue weighted by Crippen LogP contribution is 1.98. The molecule has 0 aromatic rings. The number of rotatable bonds is 10. The average Bonchev–Trinajstić information content (AvgIpc) is 2.20. The first kappa shape index (κ1) is 15.4. The second-order valence-electron chi connectivity index (χ2n) is 4.26. The molecule has 0 fully saturated rings. The van der Waals surface area contributed by atoms with E-state index in [1.807, 2.05) is 20.8 Å². The van der Waals surface area contributed by atoms with Crippen LogP contribution in [-0.4, -0.2) is 36.4 Å². The minimum absolute atomic E-state index is 0.278. The number of carbonyl (C=O) groups is 1. The molecule has 0 heterocycles. The Morgan fingerprint density at radius 1 is 1.38 bits per heavy atom. The van der Waals surface area contributed by atoms with Crippen molar-refractivity contribution in [2.45, 2.75) is 58.6 Å². The van der Waals surface area contributed by atoms with E-state index in [1.54, 1.807) is 0 Å². The number of ether oxygens (including phenoxy) is 1. The van der Waals surface area contributed by atoms with Crippen LogP contribution in [0.1, 0.15) is 46.5 Å². The highest BCUT2D eigenvalue weighted by atomic mass is 16.5. The lowest BCUT2D eigenvalue weighted by atomic mass is 10.1. The van der Waals surface area contributed by atoms with Crippen molar-refractivity contribution < 1.29 is 14.6 Å². The summed E-state index contributed by atoms with van der Waals surface area (Å²) < 4.78 is 5.40. The van der Waals surface area contributed by atoms with E-state index < -0.39 is 12.0 Å². The van der Waals surface area contributed by atoms with E-state index in [0.717, 1.165) is 32.4 Å². The molecular weight excluding hydrogens is 206 g/mol. The first-order chi connectivity index (χ1) is 7.57. The van der Waals surface area contributed by atoms with Crippen LogP contribution in [0.2, 0.25) is 0 Å². The lowest BCUT2D eigenvalue weighted by molar-refractivity contribution is -0.139. The zero-order valence-electron chi connectivity index (χ0n) is 10.7. The van der Waals surface area contributed by atoms with E-state index in [-0.39, 0.29) is 6.10 Å². The van der Waals surface area contributed by atoms with Crippen molar-refractivity contribution in [2.75, 3.05) is 13.2 Å². The number of carboxylic acid groups (broad SMARTS) is 1. The van der Waals surface area contributed by atoms with Crippen molar-refractivity contribution in [3.05, 3.63) is 0 Å². The van der Waals surface area contributed by atoms with Crippen LogP contribution in [-0.2, 0) is 9.53 Å². The minimum Gasteiger partial charge on any atom is -0.480 e. The summed E-state index contributed by atoms with van der Waals surface area (Å²) in [5.41, 5.74) is 0. The number of carboxylic acids is 1. The molecule has 4 heteroatoms. The van der Waals surface area contributed by atoms with Gasteiger partial charge in [-0.25, -0.2) is 0 Å². The van der Waals surface area contributed by atoms with Crippen LogP contribution in [0.4, 0.5) is 0 Å². The zero-order chi connectivity index (χ0) is 12.4. The third-order valence-electron chi connectivity index (χ3n) is 2.29. The fourth-order valence-corrected chi connectivity index (χ4v) is 1.42. The quantitative estimate of drug-likeness (QED) is 0.565. The molecule has 1 atom stereocenters. The summed E-state index contributed by atoms with van der Waals surface area (Å²) in [6.45, 7) is 7.53. The molecular formula is C12H25NO3. The van der Waals surface area contributed by atoms with Crippen molar-refractivity contribution in [3.8, 4) is 0 Å². The maximum Gasteiger partial charge on any atom is 0.320 e. The summed E-state index contributed by atoms with van der Waals surface area (Å²) in [7, 11) is 0. The van der Waals surface area contributed by atoms with Gasteiger partial charge >= 0.3 is 5.97 Å². The molecule has 2 N–H and O–H groups in total.